The summed E-state index contributed by atoms with van der Waals surface area (Å²) in [7, 11) is 0. The summed E-state index contributed by atoms with van der Waals surface area (Å²) >= 11 is 0. The van der Waals surface area contributed by atoms with Gasteiger partial charge < -0.3 is 18.5 Å². The van der Waals surface area contributed by atoms with Crippen LogP contribution in [0.3, 0.4) is 0 Å². The van der Waals surface area contributed by atoms with E-state index in [4.69, 9.17) is 4.42 Å². The molecule has 58 heavy (non-hydrogen) atoms. The minimum absolute atomic E-state index is 0.878. The van der Waals surface area contributed by atoms with Gasteiger partial charge in [-0.15, -0.1) is 0 Å². The van der Waals surface area contributed by atoms with Crippen LogP contribution in [0.25, 0.3) is 88.1 Å². The van der Waals surface area contributed by atoms with E-state index in [9.17, 15) is 0 Å². The second-order valence-electron chi connectivity index (χ2n) is 14.9. The van der Waals surface area contributed by atoms with Crippen LogP contribution in [-0.2, 0) is 0 Å². The maximum atomic E-state index is 6.41. The zero-order valence-corrected chi connectivity index (χ0v) is 31.5. The van der Waals surface area contributed by atoms with Crippen LogP contribution in [0.2, 0.25) is 0 Å². The SMILES string of the molecule is c1ccc(-c2ccc(N(c3ccc4c5ccccc5n(-c5ccccc5)c4c3)c3cccc4c3c3ccccc3n4-c3ccc4c(c3)oc3ccccc34)cc2)cc1. The predicted octanol–water partition coefficient (Wildman–Crippen LogP) is 14.9. The van der Waals surface area contributed by atoms with Crippen LogP contribution in [0.15, 0.2) is 217 Å². The third-order valence-corrected chi connectivity index (χ3v) is 11.7. The summed E-state index contributed by atoms with van der Waals surface area (Å²) in [5, 5.41) is 7.07. The van der Waals surface area contributed by atoms with Gasteiger partial charge in [0.05, 0.1) is 27.8 Å². The minimum atomic E-state index is 0.878. The van der Waals surface area contributed by atoms with E-state index >= 15 is 0 Å². The number of furan rings is 1. The normalized spacial score (nSPS) is 11.8. The molecule has 3 heterocycles. The Bertz CT molecular complexity index is 3500. The summed E-state index contributed by atoms with van der Waals surface area (Å²) in [6, 6.07) is 76.3. The van der Waals surface area contributed by atoms with Gasteiger partial charge >= 0.3 is 0 Å². The number of nitrogens with zero attached hydrogens (tertiary/aromatic N) is 3. The molecule has 0 N–H and O–H groups in total. The first-order valence-corrected chi connectivity index (χ1v) is 19.8. The van der Waals surface area contributed by atoms with E-state index in [1.807, 2.05) is 12.1 Å². The Morgan fingerprint density at radius 1 is 0.328 bits per heavy atom. The first-order chi connectivity index (χ1) is 28.8. The van der Waals surface area contributed by atoms with Crippen molar-refractivity contribution in [3.63, 3.8) is 0 Å². The van der Waals surface area contributed by atoms with E-state index in [-0.39, 0.29) is 0 Å². The Morgan fingerprint density at radius 2 is 0.897 bits per heavy atom. The summed E-state index contributed by atoms with van der Waals surface area (Å²) in [6.45, 7) is 0. The lowest BCUT2D eigenvalue weighted by molar-refractivity contribution is 0.668. The molecule has 0 fully saturated rings. The van der Waals surface area contributed by atoms with E-state index in [1.54, 1.807) is 0 Å². The Hall–Kier alpha value is -7.82. The van der Waals surface area contributed by atoms with Gasteiger partial charge in [0.1, 0.15) is 11.2 Å². The largest absolute Gasteiger partial charge is 0.456 e. The molecule has 3 aromatic heterocycles. The van der Waals surface area contributed by atoms with Gasteiger partial charge in [-0.05, 0) is 90.0 Å². The Labute approximate surface area is 334 Å². The van der Waals surface area contributed by atoms with Crippen molar-refractivity contribution in [1.29, 1.82) is 0 Å². The minimum Gasteiger partial charge on any atom is -0.456 e. The van der Waals surface area contributed by atoms with Crippen molar-refractivity contribution < 1.29 is 4.42 Å². The summed E-state index contributed by atoms with van der Waals surface area (Å²) in [5.74, 6) is 0. The average molecular weight is 742 g/mol. The summed E-state index contributed by atoms with van der Waals surface area (Å²) in [4.78, 5) is 2.43. The summed E-state index contributed by atoms with van der Waals surface area (Å²) < 4.78 is 11.2. The second kappa shape index (κ2) is 12.9. The second-order valence-corrected chi connectivity index (χ2v) is 14.9. The molecule has 0 radical (unpaired) electrons. The lowest BCUT2D eigenvalue weighted by atomic mass is 10.0. The van der Waals surface area contributed by atoms with Crippen LogP contribution < -0.4 is 4.90 Å². The molecule has 0 amide bonds. The van der Waals surface area contributed by atoms with Crippen molar-refractivity contribution in [1.82, 2.24) is 9.13 Å². The third-order valence-electron chi connectivity index (χ3n) is 11.7. The zero-order valence-electron chi connectivity index (χ0n) is 31.5. The number of rotatable bonds is 6. The molecule has 12 aromatic rings. The quantitative estimate of drug-likeness (QED) is 0.170. The molecule has 4 nitrogen and oxygen atoms in total. The Kier molecular flexibility index (Phi) is 7.20. The smallest absolute Gasteiger partial charge is 0.137 e. The highest BCUT2D eigenvalue weighted by atomic mass is 16.3. The van der Waals surface area contributed by atoms with Crippen molar-refractivity contribution in [2.45, 2.75) is 0 Å². The molecular weight excluding hydrogens is 707 g/mol. The van der Waals surface area contributed by atoms with Gasteiger partial charge in [-0.2, -0.15) is 0 Å². The number of aromatic nitrogens is 2. The maximum absolute atomic E-state index is 6.41. The first kappa shape index (κ1) is 32.4. The van der Waals surface area contributed by atoms with Gasteiger partial charge in [0.15, 0.2) is 0 Å². The average Bonchev–Trinajstić information content (AvgIpc) is 3.95. The molecule has 9 aromatic carbocycles. The van der Waals surface area contributed by atoms with Crippen molar-refractivity contribution in [3.05, 3.63) is 212 Å². The fourth-order valence-electron chi connectivity index (χ4n) is 9.13. The highest BCUT2D eigenvalue weighted by molar-refractivity contribution is 6.17. The molecular formula is C54H35N3O. The molecule has 4 heteroatoms. The van der Waals surface area contributed by atoms with Gasteiger partial charge in [-0.1, -0.05) is 127 Å². The molecule has 0 saturated heterocycles. The van der Waals surface area contributed by atoms with E-state index in [2.05, 4.69) is 214 Å². The van der Waals surface area contributed by atoms with Gasteiger partial charge in [0, 0.05) is 61.1 Å². The van der Waals surface area contributed by atoms with Crippen molar-refractivity contribution in [2.24, 2.45) is 0 Å². The van der Waals surface area contributed by atoms with Gasteiger partial charge in [0.2, 0.25) is 0 Å². The third kappa shape index (κ3) is 4.95. The molecule has 0 aliphatic rings. The van der Waals surface area contributed by atoms with E-state index < -0.39 is 0 Å². The Balaban J connectivity index is 1.12. The van der Waals surface area contributed by atoms with E-state index in [0.29, 0.717) is 0 Å². The number of benzene rings is 9. The molecule has 0 aliphatic carbocycles. The number of hydrogen-bond donors (Lipinski definition) is 0. The highest BCUT2D eigenvalue weighted by Crippen LogP contribution is 2.46. The summed E-state index contributed by atoms with van der Waals surface area (Å²) in [5.41, 5.74) is 14.2. The lowest BCUT2D eigenvalue weighted by Gasteiger charge is -2.27. The standard InChI is InChI=1S/C54H35N3O/c1-3-14-36(15-4-1)37-26-28-39(29-27-37)55(40-30-32-43-42-18-7-10-21-47(42)56(51(43)34-40)38-16-5-2-6-17-38)49-23-13-24-50-54(49)46-20-8-11-22-48(46)57(50)41-31-33-45-44-19-9-12-25-52(44)58-53(45)35-41/h1-35H. The van der Waals surface area contributed by atoms with Crippen molar-refractivity contribution in [2.75, 3.05) is 4.90 Å². The molecule has 0 spiro atoms. The number of hydrogen-bond acceptors (Lipinski definition) is 2. The fourth-order valence-corrected chi connectivity index (χ4v) is 9.13. The van der Waals surface area contributed by atoms with Gasteiger partial charge in [-0.25, -0.2) is 0 Å². The van der Waals surface area contributed by atoms with Crippen LogP contribution in [0.4, 0.5) is 17.1 Å². The topological polar surface area (TPSA) is 26.2 Å². The van der Waals surface area contributed by atoms with Crippen LogP contribution in [0, 0.1) is 0 Å². The van der Waals surface area contributed by atoms with Crippen LogP contribution in [0.1, 0.15) is 0 Å². The van der Waals surface area contributed by atoms with E-state index in [0.717, 1.165) is 66.9 Å². The van der Waals surface area contributed by atoms with Crippen molar-refractivity contribution in [3.8, 4) is 22.5 Å². The predicted molar refractivity (Wildman–Crippen MR) is 243 cm³/mol. The van der Waals surface area contributed by atoms with Crippen molar-refractivity contribution >= 4 is 82.6 Å². The number of anilines is 3. The first-order valence-electron chi connectivity index (χ1n) is 19.8. The highest BCUT2D eigenvalue weighted by Gasteiger charge is 2.23. The fraction of sp³-hybridized carbons (Fsp3) is 0. The molecule has 12 rings (SSSR count). The van der Waals surface area contributed by atoms with Crippen LogP contribution in [-0.4, -0.2) is 9.13 Å². The molecule has 0 aliphatic heterocycles. The lowest BCUT2D eigenvalue weighted by Crippen LogP contribution is -2.10. The maximum Gasteiger partial charge on any atom is 0.137 e. The zero-order chi connectivity index (χ0) is 38.2. The molecule has 0 atom stereocenters. The Morgan fingerprint density at radius 3 is 1.71 bits per heavy atom. The summed E-state index contributed by atoms with van der Waals surface area (Å²) in [6.07, 6.45) is 0. The molecule has 0 saturated carbocycles. The van der Waals surface area contributed by atoms with Gasteiger partial charge in [-0.3, -0.25) is 0 Å². The number of para-hydroxylation sites is 4. The van der Waals surface area contributed by atoms with E-state index in [1.165, 1.54) is 38.2 Å². The number of fused-ring (bicyclic) bond motifs is 9. The van der Waals surface area contributed by atoms with Gasteiger partial charge in [0.25, 0.3) is 0 Å². The molecule has 0 bridgehead atoms. The molecule has 272 valence electrons. The van der Waals surface area contributed by atoms with Crippen LogP contribution in [0.5, 0.6) is 0 Å². The molecule has 0 unspecified atom stereocenters. The van der Waals surface area contributed by atoms with Crippen LogP contribution >= 0.6 is 0 Å². The monoisotopic (exact) mass is 741 g/mol.